The fourth-order valence-electron chi connectivity index (χ4n) is 4.15. The average Bonchev–Trinajstić information content (AvgIpc) is 3.50. The largest absolute Gasteiger partial charge is 0.465 e. The van der Waals surface area contributed by atoms with Crippen molar-refractivity contribution in [2.75, 3.05) is 26.5 Å². The Morgan fingerprint density at radius 1 is 1.21 bits per heavy atom. The van der Waals surface area contributed by atoms with E-state index >= 15 is 0 Å². The number of likely N-dealkylation sites (N-methyl/N-ethyl adjacent to an activating group) is 1. The summed E-state index contributed by atoms with van der Waals surface area (Å²) in [5.74, 6) is -0.329. The molecule has 0 aliphatic carbocycles. The summed E-state index contributed by atoms with van der Waals surface area (Å²) < 4.78 is 8.09. The molecule has 0 spiro atoms. The van der Waals surface area contributed by atoms with Gasteiger partial charge in [-0.3, -0.25) is 0 Å². The number of hydrogen-bond donors (Lipinski definition) is 1. The normalized spacial score (nSPS) is 13.2. The highest BCUT2D eigenvalue weighted by Gasteiger charge is 2.25. The number of methoxy groups -OCH3 is 1. The van der Waals surface area contributed by atoms with Crippen LogP contribution in [-0.4, -0.2) is 52.7 Å². The van der Waals surface area contributed by atoms with Gasteiger partial charge >= 0.3 is 5.97 Å². The van der Waals surface area contributed by atoms with Crippen molar-refractivity contribution in [1.82, 2.24) is 19.4 Å². The van der Waals surface area contributed by atoms with Crippen molar-refractivity contribution in [1.29, 1.82) is 0 Å². The van der Waals surface area contributed by atoms with Gasteiger partial charge in [-0.2, -0.15) is 0 Å². The van der Waals surface area contributed by atoms with Crippen molar-refractivity contribution < 1.29 is 9.53 Å². The molecule has 8 heteroatoms. The van der Waals surface area contributed by atoms with Gasteiger partial charge in [-0.05, 0) is 55.9 Å². The summed E-state index contributed by atoms with van der Waals surface area (Å²) in [6.07, 6.45) is 6.79. The molecule has 2 heterocycles. The van der Waals surface area contributed by atoms with E-state index in [1.54, 1.807) is 23.5 Å². The lowest BCUT2D eigenvalue weighted by Gasteiger charge is -2.33. The maximum absolute atomic E-state index is 11.6. The number of carbonyl (C=O) groups is 1. The van der Waals surface area contributed by atoms with Crippen molar-refractivity contribution in [3.05, 3.63) is 77.9 Å². The van der Waals surface area contributed by atoms with E-state index in [4.69, 9.17) is 9.72 Å². The summed E-state index contributed by atoms with van der Waals surface area (Å²) in [6.45, 7) is 2.85. The molecule has 2 atom stereocenters. The molecular weight excluding hydrogens is 434 g/mol. The number of benzene rings is 2. The van der Waals surface area contributed by atoms with Crippen LogP contribution in [0.4, 0.5) is 5.13 Å². The molecule has 2 unspecified atom stereocenters. The molecule has 2 aromatic heterocycles. The summed E-state index contributed by atoms with van der Waals surface area (Å²) in [5.41, 5.74) is 3.84. The lowest BCUT2D eigenvalue weighted by atomic mass is 9.96. The third kappa shape index (κ3) is 5.07. The fourth-order valence-corrected chi connectivity index (χ4v) is 5.06. The van der Waals surface area contributed by atoms with Crippen molar-refractivity contribution in [2.24, 2.45) is 0 Å². The third-order valence-electron chi connectivity index (χ3n) is 5.86. The Balaban J connectivity index is 1.54. The van der Waals surface area contributed by atoms with E-state index in [1.165, 1.54) is 12.7 Å². The van der Waals surface area contributed by atoms with Gasteiger partial charge in [0.15, 0.2) is 5.13 Å². The van der Waals surface area contributed by atoms with Crippen LogP contribution in [0, 0.1) is 0 Å². The zero-order valence-corrected chi connectivity index (χ0v) is 20.2. The van der Waals surface area contributed by atoms with Gasteiger partial charge in [-0.25, -0.2) is 14.8 Å². The minimum atomic E-state index is -0.329. The molecule has 4 rings (SSSR count). The Labute approximate surface area is 198 Å². The molecule has 0 bridgehead atoms. The van der Waals surface area contributed by atoms with Gasteiger partial charge in [0, 0.05) is 25.0 Å². The lowest BCUT2D eigenvalue weighted by Crippen LogP contribution is -2.36. The van der Waals surface area contributed by atoms with Crippen LogP contribution in [-0.2, 0) is 11.3 Å². The van der Waals surface area contributed by atoms with Crippen molar-refractivity contribution in [3.8, 4) is 0 Å². The standard InChI is InChI=1S/C25H29N5O2S/c1-5-21(29(2)3)23(30-13-12-26-16-30)19-10-11-20-22(14-19)33-25(28-20)27-15-17-6-8-18(9-7-17)24(31)32-4/h6-14,16,21,23H,5,15H2,1-4H3,(H,27,28). The predicted octanol–water partition coefficient (Wildman–Crippen LogP) is 4.82. The van der Waals surface area contributed by atoms with Crippen LogP contribution >= 0.6 is 11.3 Å². The summed E-state index contributed by atoms with van der Waals surface area (Å²) in [7, 11) is 5.64. The number of nitrogens with zero attached hydrogens (tertiary/aromatic N) is 4. The summed E-state index contributed by atoms with van der Waals surface area (Å²) in [5, 5.41) is 4.28. The monoisotopic (exact) mass is 463 g/mol. The van der Waals surface area contributed by atoms with Crippen molar-refractivity contribution in [2.45, 2.75) is 32.0 Å². The molecule has 0 aliphatic rings. The Morgan fingerprint density at radius 3 is 2.64 bits per heavy atom. The second-order valence-corrected chi connectivity index (χ2v) is 9.21. The van der Waals surface area contributed by atoms with Crippen LogP contribution in [0.5, 0.6) is 0 Å². The summed E-state index contributed by atoms with van der Waals surface area (Å²) in [4.78, 5) is 22.9. The first-order chi connectivity index (χ1) is 16.0. The number of anilines is 1. The molecule has 0 aliphatic heterocycles. The quantitative estimate of drug-likeness (QED) is 0.359. The minimum Gasteiger partial charge on any atom is -0.465 e. The van der Waals surface area contributed by atoms with Crippen LogP contribution in [0.25, 0.3) is 10.2 Å². The van der Waals surface area contributed by atoms with Gasteiger partial charge in [0.1, 0.15) is 0 Å². The number of fused-ring (bicyclic) bond motifs is 1. The average molecular weight is 464 g/mol. The summed E-state index contributed by atoms with van der Waals surface area (Å²) >= 11 is 1.65. The van der Waals surface area contributed by atoms with Gasteiger partial charge in [-0.15, -0.1) is 0 Å². The third-order valence-corrected chi connectivity index (χ3v) is 6.84. The molecule has 0 radical (unpaired) electrons. The number of nitrogens with one attached hydrogen (secondary N) is 1. The smallest absolute Gasteiger partial charge is 0.337 e. The maximum Gasteiger partial charge on any atom is 0.337 e. The first-order valence-corrected chi connectivity index (χ1v) is 11.8. The molecule has 0 saturated heterocycles. The number of thiazole rings is 1. The Hall–Kier alpha value is -3.23. The van der Waals surface area contributed by atoms with Gasteiger partial charge < -0.3 is 19.5 Å². The second kappa shape index (κ2) is 10.1. The van der Waals surface area contributed by atoms with E-state index in [0.717, 1.165) is 27.3 Å². The molecule has 0 saturated carbocycles. The molecule has 172 valence electrons. The van der Waals surface area contributed by atoms with E-state index in [2.05, 4.69) is 59.0 Å². The number of aromatic nitrogens is 3. The summed E-state index contributed by atoms with van der Waals surface area (Å²) in [6, 6.07) is 14.4. The predicted molar refractivity (Wildman–Crippen MR) is 133 cm³/mol. The second-order valence-electron chi connectivity index (χ2n) is 8.18. The van der Waals surface area contributed by atoms with Crippen LogP contribution in [0.15, 0.2) is 61.2 Å². The number of carbonyl (C=O) groups excluding carboxylic acids is 1. The number of imidazole rings is 1. The highest BCUT2D eigenvalue weighted by Crippen LogP contribution is 2.33. The maximum atomic E-state index is 11.6. The van der Waals surface area contributed by atoms with E-state index in [-0.39, 0.29) is 12.0 Å². The van der Waals surface area contributed by atoms with Gasteiger partial charge in [0.2, 0.25) is 0 Å². The Morgan fingerprint density at radius 2 is 2.00 bits per heavy atom. The molecule has 0 amide bonds. The lowest BCUT2D eigenvalue weighted by molar-refractivity contribution is 0.0600. The van der Waals surface area contributed by atoms with E-state index in [1.807, 2.05) is 30.9 Å². The van der Waals surface area contributed by atoms with Crippen LogP contribution in [0.2, 0.25) is 0 Å². The zero-order chi connectivity index (χ0) is 23.4. The van der Waals surface area contributed by atoms with E-state index in [0.29, 0.717) is 18.2 Å². The fraction of sp³-hybridized carbons (Fsp3) is 0.320. The van der Waals surface area contributed by atoms with Gasteiger partial charge in [-0.1, -0.05) is 36.5 Å². The minimum absolute atomic E-state index is 0.170. The highest BCUT2D eigenvalue weighted by atomic mass is 32.1. The van der Waals surface area contributed by atoms with Crippen LogP contribution in [0.1, 0.15) is 40.9 Å². The first kappa shape index (κ1) is 22.9. The highest BCUT2D eigenvalue weighted by molar-refractivity contribution is 7.22. The van der Waals surface area contributed by atoms with Gasteiger partial charge in [0.25, 0.3) is 0 Å². The number of ether oxygens (including phenoxy) is 1. The topological polar surface area (TPSA) is 72.3 Å². The van der Waals surface area contributed by atoms with Crippen LogP contribution in [0.3, 0.4) is 0 Å². The Bertz CT molecular complexity index is 1200. The first-order valence-electron chi connectivity index (χ1n) is 11.0. The SMILES string of the molecule is CCC(C(c1ccc2nc(NCc3ccc(C(=O)OC)cc3)sc2c1)n1ccnc1)N(C)C. The van der Waals surface area contributed by atoms with E-state index in [9.17, 15) is 4.79 Å². The molecule has 33 heavy (non-hydrogen) atoms. The van der Waals surface area contributed by atoms with Crippen molar-refractivity contribution in [3.63, 3.8) is 0 Å². The molecule has 4 aromatic rings. The van der Waals surface area contributed by atoms with Gasteiger partial charge in [0.05, 0.1) is 35.3 Å². The molecule has 0 fully saturated rings. The molecular formula is C25H29N5O2S. The Kier molecular flexibility index (Phi) is 7.05. The number of hydrogen-bond acceptors (Lipinski definition) is 7. The molecule has 7 nitrogen and oxygen atoms in total. The van der Waals surface area contributed by atoms with E-state index < -0.39 is 0 Å². The number of esters is 1. The zero-order valence-electron chi connectivity index (χ0n) is 19.4. The number of rotatable bonds is 9. The molecule has 1 N–H and O–H groups in total. The van der Waals surface area contributed by atoms with Crippen LogP contribution < -0.4 is 5.32 Å². The van der Waals surface area contributed by atoms with Crippen molar-refractivity contribution >= 4 is 32.7 Å². The molecule has 2 aromatic carbocycles.